The third-order valence-electron chi connectivity index (χ3n) is 5.21. The lowest BCUT2D eigenvalue weighted by Crippen LogP contribution is -2.10. The summed E-state index contributed by atoms with van der Waals surface area (Å²) in [6, 6.07) is 7.43. The first-order valence-corrected chi connectivity index (χ1v) is 9.86. The predicted molar refractivity (Wildman–Crippen MR) is 119 cm³/mol. The standard InChI is InChI=1S/C26H26O5/c1-15-7-8-16(2)21(13-15)22(27)9-11-24(29)31-25(30)12-10-23(28)26-19(5)17(3)14-18(4)20(26)6/h7-14H,1-6H3. The number of carbonyl (C=O) groups excluding carboxylic acids is 4. The predicted octanol–water partition coefficient (Wildman–Crippen LogP) is 4.78. The highest BCUT2D eigenvalue weighted by atomic mass is 16.6. The van der Waals surface area contributed by atoms with Gasteiger partial charge in [0.2, 0.25) is 0 Å². The lowest BCUT2D eigenvalue weighted by molar-refractivity contribution is -0.152. The minimum absolute atomic E-state index is 0.341. The summed E-state index contributed by atoms with van der Waals surface area (Å²) in [5.74, 6) is -2.68. The van der Waals surface area contributed by atoms with Crippen molar-refractivity contribution in [3.8, 4) is 0 Å². The summed E-state index contributed by atoms with van der Waals surface area (Å²) < 4.78 is 4.63. The first-order valence-electron chi connectivity index (χ1n) is 9.86. The molecule has 0 unspecified atom stereocenters. The summed E-state index contributed by atoms with van der Waals surface area (Å²) in [5, 5.41) is 0. The van der Waals surface area contributed by atoms with Gasteiger partial charge in [0.25, 0.3) is 0 Å². The van der Waals surface area contributed by atoms with Gasteiger partial charge in [-0.2, -0.15) is 0 Å². The SMILES string of the molecule is Cc1ccc(C)c(C(=O)C=CC(=O)OC(=O)C=CC(=O)c2c(C)c(C)cc(C)c2C)c1. The Labute approximate surface area is 182 Å². The van der Waals surface area contributed by atoms with E-state index in [0.29, 0.717) is 11.1 Å². The van der Waals surface area contributed by atoms with E-state index in [1.54, 1.807) is 13.0 Å². The van der Waals surface area contributed by atoms with Crippen molar-refractivity contribution in [1.82, 2.24) is 0 Å². The van der Waals surface area contributed by atoms with E-state index in [4.69, 9.17) is 0 Å². The molecule has 2 aromatic rings. The van der Waals surface area contributed by atoms with Crippen LogP contribution in [0.3, 0.4) is 0 Å². The summed E-state index contributed by atoms with van der Waals surface area (Å²) in [6.07, 6.45) is 3.97. The van der Waals surface area contributed by atoms with Crippen molar-refractivity contribution in [2.45, 2.75) is 41.5 Å². The summed E-state index contributed by atoms with van der Waals surface area (Å²) in [4.78, 5) is 48.6. The van der Waals surface area contributed by atoms with Gasteiger partial charge < -0.3 is 4.74 Å². The number of hydrogen-bond acceptors (Lipinski definition) is 5. The minimum Gasteiger partial charge on any atom is -0.387 e. The molecule has 0 atom stereocenters. The number of carbonyl (C=O) groups is 4. The zero-order chi connectivity index (χ0) is 23.3. The van der Waals surface area contributed by atoms with Gasteiger partial charge in [0.05, 0.1) is 0 Å². The number of allylic oxidation sites excluding steroid dienone is 2. The van der Waals surface area contributed by atoms with Crippen LogP contribution in [0.4, 0.5) is 0 Å². The van der Waals surface area contributed by atoms with Gasteiger partial charge in [-0.25, -0.2) is 9.59 Å². The van der Waals surface area contributed by atoms with Gasteiger partial charge in [-0.05, 0) is 87.6 Å². The second-order valence-electron chi connectivity index (χ2n) is 7.59. The maximum absolute atomic E-state index is 12.6. The maximum Gasteiger partial charge on any atom is 0.338 e. The number of esters is 2. The Bertz CT molecular complexity index is 1110. The molecule has 0 saturated heterocycles. The molecule has 0 heterocycles. The molecule has 5 nitrogen and oxygen atoms in total. The van der Waals surface area contributed by atoms with Crippen molar-refractivity contribution in [2.24, 2.45) is 0 Å². The van der Waals surface area contributed by atoms with Crippen molar-refractivity contribution < 1.29 is 23.9 Å². The van der Waals surface area contributed by atoms with Gasteiger partial charge in [-0.15, -0.1) is 0 Å². The van der Waals surface area contributed by atoms with E-state index < -0.39 is 11.9 Å². The van der Waals surface area contributed by atoms with Crippen LogP contribution in [0.5, 0.6) is 0 Å². The molecule has 0 N–H and O–H groups in total. The number of ketones is 2. The van der Waals surface area contributed by atoms with Gasteiger partial charge in [-0.3, -0.25) is 9.59 Å². The average molecular weight is 418 g/mol. The Hall–Kier alpha value is -3.60. The van der Waals surface area contributed by atoms with Crippen molar-refractivity contribution in [1.29, 1.82) is 0 Å². The normalized spacial score (nSPS) is 11.2. The van der Waals surface area contributed by atoms with Gasteiger partial charge in [-0.1, -0.05) is 23.8 Å². The number of hydrogen-bond donors (Lipinski definition) is 0. The molecule has 31 heavy (non-hydrogen) atoms. The average Bonchev–Trinajstić information content (AvgIpc) is 2.71. The highest BCUT2D eigenvalue weighted by molar-refractivity contribution is 6.11. The van der Waals surface area contributed by atoms with E-state index in [1.807, 2.05) is 52.8 Å². The molecule has 0 amide bonds. The molecule has 160 valence electrons. The lowest BCUT2D eigenvalue weighted by Gasteiger charge is -2.12. The Balaban J connectivity index is 2.04. The summed E-state index contributed by atoms with van der Waals surface area (Å²) in [5.41, 5.74) is 6.36. The van der Waals surface area contributed by atoms with Crippen LogP contribution in [0.25, 0.3) is 0 Å². The molecular formula is C26H26O5. The molecule has 0 aromatic heterocycles. The highest BCUT2D eigenvalue weighted by Crippen LogP contribution is 2.22. The smallest absolute Gasteiger partial charge is 0.338 e. The monoisotopic (exact) mass is 418 g/mol. The van der Waals surface area contributed by atoms with E-state index >= 15 is 0 Å². The molecule has 5 heteroatoms. The molecule has 0 fully saturated rings. The number of aryl methyl sites for hydroxylation is 4. The van der Waals surface area contributed by atoms with Gasteiger partial charge in [0.15, 0.2) is 11.6 Å². The van der Waals surface area contributed by atoms with Gasteiger partial charge in [0, 0.05) is 23.3 Å². The van der Waals surface area contributed by atoms with E-state index in [9.17, 15) is 19.2 Å². The molecule has 0 bridgehead atoms. The minimum atomic E-state index is -0.987. The van der Waals surface area contributed by atoms with Crippen molar-refractivity contribution in [3.63, 3.8) is 0 Å². The first-order chi connectivity index (χ1) is 14.5. The second-order valence-corrected chi connectivity index (χ2v) is 7.59. The Morgan fingerprint density at radius 1 is 0.645 bits per heavy atom. The molecular weight excluding hydrogens is 392 g/mol. The van der Waals surface area contributed by atoms with Crippen molar-refractivity contribution in [3.05, 3.63) is 93.1 Å². The fourth-order valence-corrected chi connectivity index (χ4v) is 3.22. The van der Waals surface area contributed by atoms with Crippen LogP contribution in [0.1, 0.15) is 54.1 Å². The highest BCUT2D eigenvalue weighted by Gasteiger charge is 2.15. The largest absolute Gasteiger partial charge is 0.387 e. The fourth-order valence-electron chi connectivity index (χ4n) is 3.22. The van der Waals surface area contributed by atoms with Crippen LogP contribution < -0.4 is 0 Å². The van der Waals surface area contributed by atoms with Crippen molar-refractivity contribution >= 4 is 23.5 Å². The second kappa shape index (κ2) is 9.94. The third-order valence-corrected chi connectivity index (χ3v) is 5.21. The number of benzene rings is 2. The summed E-state index contributed by atoms with van der Waals surface area (Å²) in [7, 11) is 0. The van der Waals surface area contributed by atoms with Crippen LogP contribution in [-0.4, -0.2) is 23.5 Å². The summed E-state index contributed by atoms with van der Waals surface area (Å²) >= 11 is 0. The van der Waals surface area contributed by atoms with Crippen LogP contribution in [-0.2, 0) is 14.3 Å². The van der Waals surface area contributed by atoms with Crippen LogP contribution in [0.2, 0.25) is 0 Å². The quantitative estimate of drug-likeness (QED) is 0.292. The Morgan fingerprint density at radius 3 is 1.71 bits per heavy atom. The third kappa shape index (κ3) is 5.95. The van der Waals surface area contributed by atoms with Crippen LogP contribution in [0.15, 0.2) is 48.6 Å². The van der Waals surface area contributed by atoms with Gasteiger partial charge in [0.1, 0.15) is 0 Å². The van der Waals surface area contributed by atoms with Gasteiger partial charge >= 0.3 is 11.9 Å². The van der Waals surface area contributed by atoms with E-state index in [1.165, 1.54) is 0 Å². The maximum atomic E-state index is 12.6. The fraction of sp³-hybridized carbons (Fsp3) is 0.231. The van der Waals surface area contributed by atoms with Crippen molar-refractivity contribution in [2.75, 3.05) is 0 Å². The molecule has 0 spiro atoms. The molecule has 0 radical (unpaired) electrons. The topological polar surface area (TPSA) is 77.5 Å². The van der Waals surface area contributed by atoms with Crippen LogP contribution >= 0.6 is 0 Å². The molecule has 0 aliphatic rings. The Morgan fingerprint density at radius 2 is 1.16 bits per heavy atom. The summed E-state index contributed by atoms with van der Waals surface area (Å²) in [6.45, 7) is 11.2. The molecule has 2 rings (SSSR count). The number of rotatable bonds is 6. The van der Waals surface area contributed by atoms with E-state index in [2.05, 4.69) is 4.74 Å². The van der Waals surface area contributed by atoms with E-state index in [-0.39, 0.29) is 11.6 Å². The Kier molecular flexibility index (Phi) is 7.59. The molecule has 2 aromatic carbocycles. The molecule has 0 aliphatic heterocycles. The number of ether oxygens (including phenoxy) is 1. The zero-order valence-electron chi connectivity index (χ0n) is 18.7. The molecule has 0 saturated carbocycles. The van der Waals surface area contributed by atoms with E-state index in [0.717, 1.165) is 57.7 Å². The van der Waals surface area contributed by atoms with Crippen LogP contribution in [0, 0.1) is 41.5 Å². The zero-order valence-corrected chi connectivity index (χ0v) is 18.7. The molecule has 0 aliphatic carbocycles. The first kappa shape index (κ1) is 23.7. The lowest BCUT2D eigenvalue weighted by atomic mass is 9.91.